The third-order valence-corrected chi connectivity index (χ3v) is 2.22. The molecule has 20 heavy (non-hydrogen) atoms. The van der Waals surface area contributed by atoms with Crippen LogP contribution in [0.3, 0.4) is 0 Å². The van der Waals surface area contributed by atoms with Crippen molar-refractivity contribution < 1.29 is 36.3 Å². The molecule has 0 aromatic heterocycles. The fourth-order valence-corrected chi connectivity index (χ4v) is 1.31. The molecule has 1 unspecified atom stereocenters. The summed E-state index contributed by atoms with van der Waals surface area (Å²) in [6.07, 6.45) is -6.13. The zero-order valence-corrected chi connectivity index (χ0v) is 11.2. The van der Waals surface area contributed by atoms with Gasteiger partial charge < -0.3 is 10.1 Å². The van der Waals surface area contributed by atoms with E-state index in [-0.39, 0.29) is 18.9 Å². The first-order chi connectivity index (χ1) is 8.93. The summed E-state index contributed by atoms with van der Waals surface area (Å²) in [5.74, 6) is -9.39. The van der Waals surface area contributed by atoms with Gasteiger partial charge in [0.15, 0.2) is 0 Å². The van der Waals surface area contributed by atoms with Crippen molar-refractivity contribution in [3.63, 3.8) is 0 Å². The molecule has 0 aliphatic carbocycles. The van der Waals surface area contributed by atoms with Crippen LogP contribution in [0, 0.1) is 5.92 Å². The smallest absolute Gasteiger partial charge is 0.463 e. The van der Waals surface area contributed by atoms with E-state index in [9.17, 15) is 31.5 Å². The molecule has 0 aliphatic rings. The number of alkyl halides is 5. The van der Waals surface area contributed by atoms with Crippen molar-refractivity contribution in [1.82, 2.24) is 5.32 Å². The van der Waals surface area contributed by atoms with E-state index in [1.807, 2.05) is 0 Å². The summed E-state index contributed by atoms with van der Waals surface area (Å²) in [7, 11) is 0. The summed E-state index contributed by atoms with van der Waals surface area (Å²) in [6.45, 7) is 4.58. The number of carbonyl (C=O) groups excluding carboxylic acids is 2. The van der Waals surface area contributed by atoms with Gasteiger partial charge in [-0.15, -0.1) is 0 Å². The zero-order chi connectivity index (χ0) is 16.1. The largest absolute Gasteiger partial charge is 0.464 e. The van der Waals surface area contributed by atoms with E-state index in [0.29, 0.717) is 0 Å². The number of halogens is 5. The van der Waals surface area contributed by atoms with Gasteiger partial charge in [0.05, 0.1) is 6.61 Å². The van der Waals surface area contributed by atoms with E-state index in [0.717, 1.165) is 0 Å². The average molecular weight is 305 g/mol. The minimum atomic E-state index is -6.02. The Morgan fingerprint density at radius 3 is 2.00 bits per heavy atom. The molecule has 1 amide bonds. The Morgan fingerprint density at radius 2 is 1.65 bits per heavy atom. The first-order valence-corrected chi connectivity index (χ1v) is 5.85. The molecule has 0 bridgehead atoms. The molecule has 0 aromatic rings. The van der Waals surface area contributed by atoms with Crippen LogP contribution in [0.1, 0.15) is 27.2 Å². The Morgan fingerprint density at radius 1 is 1.15 bits per heavy atom. The van der Waals surface area contributed by atoms with Crippen LogP contribution in [0.2, 0.25) is 0 Å². The quantitative estimate of drug-likeness (QED) is 0.605. The van der Waals surface area contributed by atoms with Crippen LogP contribution in [-0.4, -0.2) is 36.6 Å². The maximum Gasteiger partial charge on any atom is 0.463 e. The maximum absolute atomic E-state index is 12.8. The fraction of sp³-hybridized carbons (Fsp3) is 0.818. The van der Waals surface area contributed by atoms with Crippen LogP contribution in [0.25, 0.3) is 0 Å². The van der Waals surface area contributed by atoms with E-state index in [4.69, 9.17) is 0 Å². The van der Waals surface area contributed by atoms with Gasteiger partial charge in [0.1, 0.15) is 6.04 Å². The summed E-state index contributed by atoms with van der Waals surface area (Å²) in [5.41, 5.74) is 0. The highest BCUT2D eigenvalue weighted by atomic mass is 19.4. The lowest BCUT2D eigenvalue weighted by molar-refractivity contribution is -0.270. The molecule has 0 spiro atoms. The predicted octanol–water partition coefficient (Wildman–Crippen LogP) is 2.28. The molecule has 0 fully saturated rings. The Labute approximate surface area is 112 Å². The number of nitrogens with one attached hydrogen (secondary N) is 1. The van der Waals surface area contributed by atoms with Gasteiger partial charge in [0, 0.05) is 0 Å². The molecule has 0 aliphatic heterocycles. The first-order valence-electron chi connectivity index (χ1n) is 5.85. The van der Waals surface area contributed by atoms with E-state index in [1.165, 1.54) is 12.2 Å². The van der Waals surface area contributed by atoms with Crippen molar-refractivity contribution in [3.8, 4) is 0 Å². The molecule has 0 aromatic carbocycles. The number of esters is 1. The van der Waals surface area contributed by atoms with Crippen molar-refractivity contribution in [1.29, 1.82) is 0 Å². The minimum absolute atomic E-state index is 0.0844. The second-order valence-electron chi connectivity index (χ2n) is 4.48. The van der Waals surface area contributed by atoms with Crippen LogP contribution < -0.4 is 5.32 Å². The highest BCUT2D eigenvalue weighted by Crippen LogP contribution is 2.35. The number of carbonyl (C=O) groups is 2. The molecule has 1 atom stereocenters. The second kappa shape index (κ2) is 6.85. The number of hydrogen-bond acceptors (Lipinski definition) is 3. The van der Waals surface area contributed by atoms with Crippen LogP contribution >= 0.6 is 0 Å². The summed E-state index contributed by atoms with van der Waals surface area (Å²) in [4.78, 5) is 22.5. The molecule has 0 heterocycles. The number of hydrogen-bond donors (Lipinski definition) is 1. The van der Waals surface area contributed by atoms with Crippen LogP contribution in [-0.2, 0) is 14.3 Å². The van der Waals surface area contributed by atoms with E-state index in [1.54, 1.807) is 13.8 Å². The summed E-state index contributed by atoms with van der Waals surface area (Å²) >= 11 is 0. The summed E-state index contributed by atoms with van der Waals surface area (Å²) in [6, 6.07) is -1.55. The van der Waals surface area contributed by atoms with Crippen molar-refractivity contribution in [2.45, 2.75) is 45.3 Å². The van der Waals surface area contributed by atoms with Gasteiger partial charge in [-0.05, 0) is 19.3 Å². The van der Waals surface area contributed by atoms with Gasteiger partial charge in [0.2, 0.25) is 0 Å². The predicted molar refractivity (Wildman–Crippen MR) is 59.0 cm³/mol. The highest BCUT2D eigenvalue weighted by molar-refractivity contribution is 5.89. The summed E-state index contributed by atoms with van der Waals surface area (Å²) < 4.78 is 66.1. The average Bonchev–Trinajstić information content (AvgIpc) is 2.26. The van der Waals surface area contributed by atoms with Crippen molar-refractivity contribution in [3.05, 3.63) is 0 Å². The molecule has 9 heteroatoms. The Hall–Kier alpha value is -1.41. The molecule has 118 valence electrons. The molecule has 0 rings (SSSR count). The standard InChI is InChI=1S/C11H16F5NO3/c1-4-20-8(18)7(5-6(2)3)17-9(19)10(12,13)11(14,15)16/h6-7H,4-5H2,1-3H3,(H,17,19). The number of ether oxygens (including phenoxy) is 1. The van der Waals surface area contributed by atoms with Gasteiger partial charge in [-0.25, -0.2) is 4.79 Å². The Balaban J connectivity index is 4.99. The molecule has 0 saturated heterocycles. The topological polar surface area (TPSA) is 55.4 Å². The molecule has 0 radical (unpaired) electrons. The number of rotatable bonds is 6. The van der Waals surface area contributed by atoms with Crippen molar-refractivity contribution >= 4 is 11.9 Å². The van der Waals surface area contributed by atoms with Crippen molar-refractivity contribution in [2.24, 2.45) is 5.92 Å². The SMILES string of the molecule is CCOC(=O)C(CC(C)C)NC(=O)C(F)(F)C(F)(F)F. The van der Waals surface area contributed by atoms with Gasteiger partial charge in [-0.1, -0.05) is 13.8 Å². The molecule has 4 nitrogen and oxygen atoms in total. The zero-order valence-electron chi connectivity index (χ0n) is 11.2. The van der Waals surface area contributed by atoms with E-state index in [2.05, 4.69) is 4.74 Å². The minimum Gasteiger partial charge on any atom is -0.464 e. The monoisotopic (exact) mass is 305 g/mol. The van der Waals surface area contributed by atoms with Crippen LogP contribution in [0.4, 0.5) is 22.0 Å². The molecule has 1 N–H and O–H groups in total. The third kappa shape index (κ3) is 4.93. The van der Waals surface area contributed by atoms with Crippen LogP contribution in [0.15, 0.2) is 0 Å². The van der Waals surface area contributed by atoms with Gasteiger partial charge in [-0.2, -0.15) is 22.0 Å². The van der Waals surface area contributed by atoms with Crippen LogP contribution in [0.5, 0.6) is 0 Å². The summed E-state index contributed by atoms with van der Waals surface area (Å²) in [5, 5.41) is 1.40. The van der Waals surface area contributed by atoms with Gasteiger partial charge in [-0.3, -0.25) is 4.79 Å². The lowest BCUT2D eigenvalue weighted by Gasteiger charge is -2.23. The first kappa shape index (κ1) is 18.6. The fourth-order valence-electron chi connectivity index (χ4n) is 1.31. The molecular weight excluding hydrogens is 289 g/mol. The molecule has 0 saturated carbocycles. The Kier molecular flexibility index (Phi) is 6.36. The lowest BCUT2D eigenvalue weighted by Crippen LogP contribution is -2.55. The molecular formula is C11H16F5NO3. The Bertz CT molecular complexity index is 354. The second-order valence-corrected chi connectivity index (χ2v) is 4.48. The van der Waals surface area contributed by atoms with E-state index >= 15 is 0 Å². The van der Waals surface area contributed by atoms with E-state index < -0.39 is 30.0 Å². The van der Waals surface area contributed by atoms with Gasteiger partial charge >= 0.3 is 24.0 Å². The lowest BCUT2D eigenvalue weighted by atomic mass is 10.0. The van der Waals surface area contributed by atoms with Crippen molar-refractivity contribution in [2.75, 3.05) is 6.61 Å². The third-order valence-electron chi connectivity index (χ3n) is 2.22. The van der Waals surface area contributed by atoms with Gasteiger partial charge in [0.25, 0.3) is 0 Å². The normalized spacial score (nSPS) is 14.1. The maximum atomic E-state index is 12.8. The highest BCUT2D eigenvalue weighted by Gasteiger charge is 2.63. The number of amides is 1.